The third kappa shape index (κ3) is 5.39. The quantitative estimate of drug-likeness (QED) is 0.546. The third-order valence-electron chi connectivity index (χ3n) is 4.88. The molecule has 1 aliphatic rings. The number of hydrogen-bond acceptors (Lipinski definition) is 4. The van der Waals surface area contributed by atoms with Crippen LogP contribution in [0.4, 0.5) is 30.4 Å². The lowest BCUT2D eigenvalue weighted by atomic mass is 10.2. The van der Waals surface area contributed by atoms with Crippen molar-refractivity contribution in [3.05, 3.63) is 77.2 Å². The lowest BCUT2D eigenvalue weighted by Crippen LogP contribution is -2.17. The SMILES string of the molecule is Cc1cc(C(F)(F)F)cc(N2CCc3cnccc32)n1.Cc1cccc(N(C)C=O)c1. The Hall–Kier alpha value is -3.42. The summed E-state index contributed by atoms with van der Waals surface area (Å²) in [6.45, 7) is 4.19. The van der Waals surface area contributed by atoms with Gasteiger partial charge >= 0.3 is 6.18 Å². The van der Waals surface area contributed by atoms with Crippen LogP contribution in [0.5, 0.6) is 0 Å². The minimum Gasteiger partial charge on any atom is -0.326 e. The number of nitrogens with zero attached hydrogens (tertiary/aromatic N) is 4. The average Bonchev–Trinajstić information content (AvgIpc) is 3.17. The van der Waals surface area contributed by atoms with Gasteiger partial charge in [-0.1, -0.05) is 12.1 Å². The number of benzene rings is 1. The maximum absolute atomic E-state index is 12.9. The molecule has 3 aromatic rings. The van der Waals surface area contributed by atoms with E-state index in [1.54, 1.807) is 42.2 Å². The Kier molecular flexibility index (Phi) is 6.58. The molecule has 1 aromatic carbocycles. The molecule has 0 saturated heterocycles. The molecular weight excluding hydrogens is 405 g/mol. The monoisotopic (exact) mass is 428 g/mol. The van der Waals surface area contributed by atoms with Crippen molar-refractivity contribution in [3.63, 3.8) is 0 Å². The summed E-state index contributed by atoms with van der Waals surface area (Å²) >= 11 is 0. The van der Waals surface area contributed by atoms with E-state index < -0.39 is 11.7 Å². The molecule has 0 aliphatic carbocycles. The van der Waals surface area contributed by atoms with Crippen LogP contribution in [0.2, 0.25) is 0 Å². The number of alkyl halides is 3. The summed E-state index contributed by atoms with van der Waals surface area (Å²) in [5, 5.41) is 0. The molecule has 0 spiro atoms. The number of pyridine rings is 2. The molecule has 4 rings (SSSR count). The fourth-order valence-corrected chi connectivity index (χ4v) is 3.33. The highest BCUT2D eigenvalue weighted by atomic mass is 19.4. The summed E-state index contributed by atoms with van der Waals surface area (Å²) in [6.07, 6.45) is 0.589. The van der Waals surface area contributed by atoms with E-state index >= 15 is 0 Å². The highest BCUT2D eigenvalue weighted by Gasteiger charge is 2.32. The summed E-state index contributed by atoms with van der Waals surface area (Å²) in [6, 6.07) is 11.8. The molecule has 31 heavy (non-hydrogen) atoms. The van der Waals surface area contributed by atoms with Crippen molar-refractivity contribution >= 4 is 23.6 Å². The first-order valence-corrected chi connectivity index (χ1v) is 9.70. The Balaban J connectivity index is 0.000000210. The maximum Gasteiger partial charge on any atom is 0.416 e. The van der Waals surface area contributed by atoms with E-state index in [-0.39, 0.29) is 0 Å². The first kappa shape index (κ1) is 22.3. The second-order valence-corrected chi connectivity index (χ2v) is 7.31. The van der Waals surface area contributed by atoms with Crippen LogP contribution in [0.25, 0.3) is 0 Å². The fourth-order valence-electron chi connectivity index (χ4n) is 3.33. The van der Waals surface area contributed by atoms with Crippen molar-refractivity contribution in [2.45, 2.75) is 26.4 Å². The number of carbonyl (C=O) groups excluding carboxylic acids is 1. The molecular formula is C23H23F3N4O. The largest absolute Gasteiger partial charge is 0.416 e. The van der Waals surface area contributed by atoms with Gasteiger partial charge in [0.15, 0.2) is 0 Å². The number of fused-ring (bicyclic) bond motifs is 1. The number of carbonyl (C=O) groups is 1. The number of hydrogen-bond donors (Lipinski definition) is 0. The number of aromatic nitrogens is 2. The van der Waals surface area contributed by atoms with Gasteiger partial charge in [0, 0.05) is 43.1 Å². The van der Waals surface area contributed by atoms with Gasteiger partial charge in [-0.3, -0.25) is 9.78 Å². The van der Waals surface area contributed by atoms with Crippen molar-refractivity contribution in [1.29, 1.82) is 0 Å². The number of amides is 1. The molecule has 0 unspecified atom stereocenters. The number of rotatable bonds is 3. The first-order chi connectivity index (χ1) is 14.7. The molecule has 3 heterocycles. The topological polar surface area (TPSA) is 49.3 Å². The minimum atomic E-state index is -4.36. The minimum absolute atomic E-state index is 0.335. The van der Waals surface area contributed by atoms with Crippen molar-refractivity contribution in [2.75, 3.05) is 23.4 Å². The van der Waals surface area contributed by atoms with Gasteiger partial charge in [0.1, 0.15) is 5.82 Å². The van der Waals surface area contributed by atoms with Crippen molar-refractivity contribution < 1.29 is 18.0 Å². The van der Waals surface area contributed by atoms with Crippen LogP contribution in [0.15, 0.2) is 54.9 Å². The highest BCUT2D eigenvalue weighted by molar-refractivity contribution is 5.74. The lowest BCUT2D eigenvalue weighted by Gasteiger charge is -2.20. The second-order valence-electron chi connectivity index (χ2n) is 7.31. The van der Waals surface area contributed by atoms with E-state index in [1.807, 2.05) is 31.2 Å². The molecule has 0 N–H and O–H groups in total. The Morgan fingerprint density at radius 3 is 2.58 bits per heavy atom. The molecule has 5 nitrogen and oxygen atoms in total. The Morgan fingerprint density at radius 2 is 1.90 bits per heavy atom. The van der Waals surface area contributed by atoms with Crippen LogP contribution >= 0.6 is 0 Å². The van der Waals surface area contributed by atoms with E-state index in [4.69, 9.17) is 0 Å². The molecule has 2 aromatic heterocycles. The molecule has 0 radical (unpaired) electrons. The predicted octanol–water partition coefficient (Wildman–Crippen LogP) is 5.09. The summed E-state index contributed by atoms with van der Waals surface area (Å²) in [4.78, 5) is 22.0. The van der Waals surface area contributed by atoms with Crippen molar-refractivity contribution in [3.8, 4) is 0 Å². The molecule has 8 heteroatoms. The predicted molar refractivity (Wildman–Crippen MR) is 115 cm³/mol. The summed E-state index contributed by atoms with van der Waals surface area (Å²) in [5.74, 6) is 0.335. The summed E-state index contributed by atoms with van der Waals surface area (Å²) in [7, 11) is 1.74. The highest BCUT2D eigenvalue weighted by Crippen LogP contribution is 2.36. The molecule has 0 bridgehead atoms. The second kappa shape index (κ2) is 9.16. The number of halogens is 3. The Morgan fingerprint density at radius 1 is 1.13 bits per heavy atom. The Labute approximate surface area is 179 Å². The van der Waals surface area contributed by atoms with Crippen molar-refractivity contribution in [1.82, 2.24) is 9.97 Å². The number of anilines is 3. The van der Waals surface area contributed by atoms with Crippen LogP contribution in [-0.4, -0.2) is 30.0 Å². The van der Waals surface area contributed by atoms with Gasteiger partial charge < -0.3 is 9.80 Å². The summed E-state index contributed by atoms with van der Waals surface area (Å²) in [5.41, 5.74) is 3.70. The Bertz CT molecular complexity index is 1070. The number of aryl methyl sites for hydroxylation is 2. The maximum atomic E-state index is 12.9. The molecule has 0 saturated carbocycles. The van der Waals surface area contributed by atoms with E-state index in [9.17, 15) is 18.0 Å². The van der Waals surface area contributed by atoms with Crippen molar-refractivity contribution in [2.24, 2.45) is 0 Å². The van der Waals surface area contributed by atoms with Gasteiger partial charge in [-0.05, 0) is 61.7 Å². The summed E-state index contributed by atoms with van der Waals surface area (Å²) < 4.78 is 38.6. The van der Waals surface area contributed by atoms with Gasteiger partial charge in [0.05, 0.1) is 5.56 Å². The first-order valence-electron chi connectivity index (χ1n) is 9.70. The van der Waals surface area contributed by atoms with Crippen LogP contribution in [0, 0.1) is 13.8 Å². The smallest absolute Gasteiger partial charge is 0.326 e. The normalized spacial score (nSPS) is 12.6. The lowest BCUT2D eigenvalue weighted by molar-refractivity contribution is -0.137. The van der Waals surface area contributed by atoms with Gasteiger partial charge in [-0.15, -0.1) is 0 Å². The van der Waals surface area contributed by atoms with Gasteiger partial charge in [0.2, 0.25) is 6.41 Å². The van der Waals surface area contributed by atoms with E-state index in [1.165, 1.54) is 0 Å². The van der Waals surface area contributed by atoms with E-state index in [2.05, 4.69) is 9.97 Å². The zero-order valence-electron chi connectivity index (χ0n) is 17.5. The van der Waals surface area contributed by atoms with E-state index in [0.717, 1.165) is 47.5 Å². The average molecular weight is 428 g/mol. The van der Waals surface area contributed by atoms with Crippen LogP contribution in [0.1, 0.15) is 22.4 Å². The zero-order valence-corrected chi connectivity index (χ0v) is 17.5. The van der Waals surface area contributed by atoms with Gasteiger partial charge in [-0.25, -0.2) is 4.98 Å². The fraction of sp³-hybridized carbons (Fsp3) is 0.261. The molecule has 162 valence electrons. The zero-order chi connectivity index (χ0) is 22.6. The van der Waals surface area contributed by atoms with Crippen LogP contribution < -0.4 is 9.80 Å². The van der Waals surface area contributed by atoms with E-state index in [0.29, 0.717) is 18.1 Å². The van der Waals surface area contributed by atoms with Gasteiger partial charge in [-0.2, -0.15) is 13.2 Å². The third-order valence-corrected chi connectivity index (χ3v) is 4.88. The molecule has 1 amide bonds. The van der Waals surface area contributed by atoms with Crippen LogP contribution in [0.3, 0.4) is 0 Å². The van der Waals surface area contributed by atoms with Gasteiger partial charge in [0.25, 0.3) is 0 Å². The molecule has 0 atom stereocenters. The molecule has 0 fully saturated rings. The molecule has 1 aliphatic heterocycles. The van der Waals surface area contributed by atoms with Crippen LogP contribution in [-0.2, 0) is 17.4 Å². The standard InChI is InChI=1S/C14H12F3N3.C9H11NO/c1-9-6-11(14(15,16)17)7-13(19-9)20-5-3-10-8-18-4-2-12(10)20;1-8-4-3-5-9(6-8)10(2)7-11/h2,4,6-8H,3,5H2,1H3;3-7H,1-2H3.